The topological polar surface area (TPSA) is 67.6 Å². The molecule has 2 aliphatic rings. The third-order valence-electron chi connectivity index (χ3n) is 4.29. The highest BCUT2D eigenvalue weighted by Gasteiger charge is 2.25. The molecule has 22 heavy (non-hydrogen) atoms. The van der Waals surface area contributed by atoms with Gasteiger partial charge >= 0.3 is 0 Å². The van der Waals surface area contributed by atoms with E-state index in [9.17, 15) is 0 Å². The van der Waals surface area contributed by atoms with E-state index in [1.54, 1.807) is 7.11 Å². The molecule has 7 nitrogen and oxygen atoms in total. The molecule has 8 heteroatoms. The minimum absolute atomic E-state index is 0. The summed E-state index contributed by atoms with van der Waals surface area (Å²) in [5, 5.41) is 11.9. The van der Waals surface area contributed by atoms with Crippen LogP contribution in [0, 0.1) is 5.92 Å². The van der Waals surface area contributed by atoms with Crippen molar-refractivity contribution < 1.29 is 4.74 Å². The number of likely N-dealkylation sites (tertiary alicyclic amines) is 1. The highest BCUT2D eigenvalue weighted by molar-refractivity contribution is 14.0. The van der Waals surface area contributed by atoms with Crippen LogP contribution in [0.3, 0.4) is 0 Å². The molecule has 1 N–H and O–H groups in total. The first-order valence-corrected chi connectivity index (χ1v) is 7.67. The Kier molecular flexibility index (Phi) is 6.42. The van der Waals surface area contributed by atoms with E-state index < -0.39 is 0 Å². The zero-order valence-electron chi connectivity index (χ0n) is 13.3. The molecular weight excluding hydrogens is 395 g/mol. The minimum Gasteiger partial charge on any atom is -0.384 e. The SMILES string of the molecule is CN=C(NCc1nnc2n1CCC2)N1CCC(COC)C1.I. The van der Waals surface area contributed by atoms with Crippen molar-refractivity contribution in [1.29, 1.82) is 0 Å². The van der Waals surface area contributed by atoms with Crippen molar-refractivity contribution >= 4 is 29.9 Å². The molecule has 1 aromatic heterocycles. The maximum atomic E-state index is 5.25. The van der Waals surface area contributed by atoms with Crippen molar-refractivity contribution in [2.45, 2.75) is 32.4 Å². The lowest BCUT2D eigenvalue weighted by atomic mass is 10.1. The molecule has 0 spiro atoms. The van der Waals surface area contributed by atoms with Gasteiger partial charge in [-0.15, -0.1) is 34.2 Å². The lowest BCUT2D eigenvalue weighted by molar-refractivity contribution is 0.157. The first kappa shape index (κ1) is 17.5. The summed E-state index contributed by atoms with van der Waals surface area (Å²) in [6.45, 7) is 4.59. The fourth-order valence-corrected chi connectivity index (χ4v) is 3.23. The van der Waals surface area contributed by atoms with Gasteiger partial charge in [0.05, 0.1) is 13.2 Å². The summed E-state index contributed by atoms with van der Waals surface area (Å²) in [7, 11) is 3.60. The second-order valence-corrected chi connectivity index (χ2v) is 5.74. The van der Waals surface area contributed by atoms with Crippen LogP contribution in [0.5, 0.6) is 0 Å². The predicted octanol–water partition coefficient (Wildman–Crippen LogP) is 0.886. The molecule has 3 heterocycles. The molecule has 1 aromatic rings. The average molecular weight is 420 g/mol. The van der Waals surface area contributed by atoms with Gasteiger partial charge in [-0.2, -0.15) is 0 Å². The first-order chi connectivity index (χ1) is 10.3. The van der Waals surface area contributed by atoms with Crippen molar-refractivity contribution in [2.24, 2.45) is 10.9 Å². The van der Waals surface area contributed by atoms with Gasteiger partial charge in [0, 0.05) is 46.1 Å². The van der Waals surface area contributed by atoms with Crippen LogP contribution >= 0.6 is 24.0 Å². The second-order valence-electron chi connectivity index (χ2n) is 5.74. The van der Waals surface area contributed by atoms with Crippen LogP contribution in [-0.4, -0.2) is 59.5 Å². The molecule has 0 saturated carbocycles. The lowest BCUT2D eigenvalue weighted by Crippen LogP contribution is -2.40. The van der Waals surface area contributed by atoms with E-state index in [1.807, 2.05) is 7.05 Å². The smallest absolute Gasteiger partial charge is 0.194 e. The number of aliphatic imine (C=N–C) groups is 1. The summed E-state index contributed by atoms with van der Waals surface area (Å²) >= 11 is 0. The number of hydrogen-bond donors (Lipinski definition) is 1. The fourth-order valence-electron chi connectivity index (χ4n) is 3.23. The van der Waals surface area contributed by atoms with Gasteiger partial charge in [-0.25, -0.2) is 0 Å². The Morgan fingerprint density at radius 3 is 3.05 bits per heavy atom. The van der Waals surface area contributed by atoms with Crippen molar-refractivity contribution in [3.63, 3.8) is 0 Å². The first-order valence-electron chi connectivity index (χ1n) is 7.67. The quantitative estimate of drug-likeness (QED) is 0.445. The normalized spacial score (nSPS) is 20.9. The van der Waals surface area contributed by atoms with Crippen LogP contribution in [0.2, 0.25) is 0 Å². The monoisotopic (exact) mass is 420 g/mol. The minimum atomic E-state index is 0. The molecule has 1 fully saturated rings. The summed E-state index contributed by atoms with van der Waals surface area (Å²) in [4.78, 5) is 6.69. The van der Waals surface area contributed by atoms with Gasteiger partial charge in [0.1, 0.15) is 5.82 Å². The second kappa shape index (κ2) is 8.09. The number of halogens is 1. The Bertz CT molecular complexity index is 517. The van der Waals surface area contributed by atoms with E-state index in [-0.39, 0.29) is 24.0 Å². The van der Waals surface area contributed by atoms with Gasteiger partial charge in [0.15, 0.2) is 11.8 Å². The van der Waals surface area contributed by atoms with Gasteiger partial charge in [-0.3, -0.25) is 4.99 Å². The van der Waals surface area contributed by atoms with Crippen LogP contribution in [0.4, 0.5) is 0 Å². The third-order valence-corrected chi connectivity index (χ3v) is 4.29. The number of ether oxygens (including phenoxy) is 1. The Morgan fingerprint density at radius 1 is 1.41 bits per heavy atom. The maximum Gasteiger partial charge on any atom is 0.194 e. The molecule has 0 aromatic carbocycles. The van der Waals surface area contributed by atoms with Gasteiger partial charge < -0.3 is 19.5 Å². The summed E-state index contributed by atoms with van der Waals surface area (Å²) < 4.78 is 7.47. The number of nitrogens with one attached hydrogen (secondary N) is 1. The summed E-state index contributed by atoms with van der Waals surface area (Å²) in [6, 6.07) is 0. The maximum absolute atomic E-state index is 5.25. The Labute approximate surface area is 148 Å². The fraction of sp³-hybridized carbons (Fsp3) is 0.786. The predicted molar refractivity (Wildman–Crippen MR) is 95.5 cm³/mol. The standard InChI is InChI=1S/C14H24N6O.HI/c1-15-14(19-7-5-11(9-19)10-21-2)16-8-13-18-17-12-4-3-6-20(12)13;/h11H,3-10H2,1-2H3,(H,15,16);1H. The molecule has 1 saturated heterocycles. The molecule has 0 radical (unpaired) electrons. The highest BCUT2D eigenvalue weighted by atomic mass is 127. The van der Waals surface area contributed by atoms with E-state index >= 15 is 0 Å². The molecule has 0 bridgehead atoms. The number of aromatic nitrogens is 3. The van der Waals surface area contributed by atoms with Crippen LogP contribution < -0.4 is 5.32 Å². The third kappa shape index (κ3) is 3.70. The molecule has 2 aliphatic heterocycles. The van der Waals surface area contributed by atoms with Gasteiger partial charge in [0.25, 0.3) is 0 Å². The Hall–Kier alpha value is -0.900. The molecule has 1 unspecified atom stereocenters. The average Bonchev–Trinajstić information content (AvgIpc) is 3.17. The van der Waals surface area contributed by atoms with Gasteiger partial charge in [-0.1, -0.05) is 0 Å². The van der Waals surface area contributed by atoms with E-state index in [4.69, 9.17) is 4.74 Å². The number of rotatable bonds is 4. The Balaban J connectivity index is 0.00000176. The molecule has 0 amide bonds. The van der Waals surface area contributed by atoms with Crippen LogP contribution in [-0.2, 0) is 24.2 Å². The van der Waals surface area contributed by atoms with Crippen molar-refractivity contribution in [1.82, 2.24) is 25.0 Å². The molecule has 124 valence electrons. The molecular formula is C14H25IN6O. The van der Waals surface area contributed by atoms with Crippen molar-refractivity contribution in [2.75, 3.05) is 33.9 Å². The van der Waals surface area contributed by atoms with E-state index in [2.05, 4.69) is 30.0 Å². The number of hydrogen-bond acceptors (Lipinski definition) is 4. The van der Waals surface area contributed by atoms with Crippen molar-refractivity contribution in [3.8, 4) is 0 Å². The molecule has 0 aliphatic carbocycles. The van der Waals surface area contributed by atoms with E-state index in [1.165, 1.54) is 6.42 Å². The van der Waals surface area contributed by atoms with Crippen LogP contribution in [0.25, 0.3) is 0 Å². The van der Waals surface area contributed by atoms with Gasteiger partial charge in [-0.05, 0) is 12.8 Å². The number of guanidine groups is 1. The summed E-state index contributed by atoms with van der Waals surface area (Å²) in [6.07, 6.45) is 3.39. The van der Waals surface area contributed by atoms with Gasteiger partial charge in [0.2, 0.25) is 0 Å². The zero-order valence-corrected chi connectivity index (χ0v) is 15.6. The van der Waals surface area contributed by atoms with Crippen LogP contribution in [0.1, 0.15) is 24.5 Å². The summed E-state index contributed by atoms with van der Waals surface area (Å²) in [5.41, 5.74) is 0. The number of methoxy groups -OCH3 is 1. The molecule has 3 rings (SSSR count). The largest absolute Gasteiger partial charge is 0.384 e. The zero-order chi connectivity index (χ0) is 14.7. The Morgan fingerprint density at radius 2 is 2.27 bits per heavy atom. The number of fused-ring (bicyclic) bond motifs is 1. The highest BCUT2D eigenvalue weighted by Crippen LogP contribution is 2.17. The van der Waals surface area contributed by atoms with Crippen LogP contribution in [0.15, 0.2) is 4.99 Å². The number of nitrogens with zero attached hydrogens (tertiary/aromatic N) is 5. The number of aryl methyl sites for hydroxylation is 1. The van der Waals surface area contributed by atoms with E-state index in [0.717, 1.165) is 56.7 Å². The lowest BCUT2D eigenvalue weighted by Gasteiger charge is -2.21. The van der Waals surface area contributed by atoms with E-state index in [0.29, 0.717) is 12.5 Å². The molecule has 1 atom stereocenters. The van der Waals surface area contributed by atoms with Crippen molar-refractivity contribution in [3.05, 3.63) is 11.6 Å². The summed E-state index contributed by atoms with van der Waals surface area (Å²) in [5.74, 6) is 3.68.